The lowest BCUT2D eigenvalue weighted by Crippen LogP contribution is -2.26. The van der Waals surface area contributed by atoms with Crippen LogP contribution in [0.4, 0.5) is 10.7 Å². The van der Waals surface area contributed by atoms with Gasteiger partial charge in [0.05, 0.1) is 25.4 Å². The predicted octanol–water partition coefficient (Wildman–Crippen LogP) is 2.94. The van der Waals surface area contributed by atoms with E-state index in [0.29, 0.717) is 44.5 Å². The summed E-state index contributed by atoms with van der Waals surface area (Å²) < 4.78 is 5.25. The van der Waals surface area contributed by atoms with Crippen LogP contribution in [0.5, 0.6) is 0 Å². The molecule has 0 saturated carbocycles. The number of nitrogens with zero attached hydrogens (tertiary/aromatic N) is 3. The molecule has 1 aromatic heterocycles. The zero-order valence-corrected chi connectivity index (χ0v) is 15.1. The maximum Gasteiger partial charge on any atom is 0.410 e. The van der Waals surface area contributed by atoms with Gasteiger partial charge in [-0.2, -0.15) is 0 Å². The van der Waals surface area contributed by atoms with E-state index < -0.39 is 0 Å². The number of aromatic nitrogens is 2. The average molecular weight is 365 g/mol. The molecule has 0 spiro atoms. The number of benzene rings is 1. The highest BCUT2D eigenvalue weighted by Crippen LogP contribution is 2.25. The van der Waals surface area contributed by atoms with Crippen molar-refractivity contribution in [3.8, 4) is 0 Å². The van der Waals surface area contributed by atoms with Crippen LogP contribution in [0, 0.1) is 5.41 Å². The van der Waals surface area contributed by atoms with Gasteiger partial charge in [0, 0.05) is 17.8 Å². The number of anilines is 1. The van der Waals surface area contributed by atoms with E-state index in [-0.39, 0.29) is 6.09 Å². The molecule has 4 rings (SSSR count). The van der Waals surface area contributed by atoms with Crippen molar-refractivity contribution in [2.24, 2.45) is 0 Å². The Labute approximate surface area is 158 Å². The number of carbonyl (C=O) groups is 1. The van der Waals surface area contributed by atoms with E-state index in [1.165, 1.54) is 17.3 Å². The van der Waals surface area contributed by atoms with Crippen LogP contribution in [0.2, 0.25) is 0 Å². The average Bonchev–Trinajstić information content (AvgIpc) is 3.28. The molecule has 2 aliphatic rings. The van der Waals surface area contributed by atoms with Crippen molar-refractivity contribution < 1.29 is 9.53 Å². The molecule has 0 saturated heterocycles. The van der Waals surface area contributed by atoms with Gasteiger partial charge in [0.15, 0.2) is 0 Å². The Balaban J connectivity index is 1.33. The number of carbonyl (C=O) groups excluding carboxylic acids is 1. The number of hydrogen-bond acceptors (Lipinski definition) is 6. The van der Waals surface area contributed by atoms with Gasteiger partial charge < -0.3 is 15.5 Å². The van der Waals surface area contributed by atoms with Gasteiger partial charge in [-0.25, -0.2) is 14.8 Å². The van der Waals surface area contributed by atoms with Gasteiger partial charge in [-0.15, -0.1) is 0 Å². The monoisotopic (exact) mass is 365 g/mol. The van der Waals surface area contributed by atoms with Crippen molar-refractivity contribution in [2.75, 3.05) is 11.9 Å². The fourth-order valence-electron chi connectivity index (χ4n) is 3.63. The summed E-state index contributed by atoms with van der Waals surface area (Å²) in [5, 5.41) is 10.4. The largest absolute Gasteiger partial charge is 0.449 e. The molecule has 27 heavy (non-hydrogen) atoms. The number of fused-ring (bicyclic) bond motifs is 2. The highest BCUT2D eigenvalue weighted by molar-refractivity contribution is 5.68. The third kappa shape index (κ3) is 3.92. The first-order chi connectivity index (χ1) is 13.2. The molecule has 0 fully saturated rings. The Hall–Kier alpha value is -2.96. The molecule has 2 N–H and O–H groups in total. The van der Waals surface area contributed by atoms with Crippen LogP contribution in [-0.2, 0) is 30.7 Å². The molecule has 2 aromatic rings. The molecular weight excluding hydrogens is 342 g/mol. The zero-order valence-electron chi connectivity index (χ0n) is 15.1. The minimum absolute atomic E-state index is 0.303. The van der Waals surface area contributed by atoms with Crippen LogP contribution in [0.15, 0.2) is 30.5 Å². The molecule has 0 unspecified atom stereocenters. The molecule has 0 bridgehead atoms. The van der Waals surface area contributed by atoms with Gasteiger partial charge in [-0.3, -0.25) is 4.90 Å². The number of ether oxygens (including phenoxy) is 1. The summed E-state index contributed by atoms with van der Waals surface area (Å²) in [7, 11) is 0. The minimum atomic E-state index is -0.335. The lowest BCUT2D eigenvalue weighted by atomic mass is 10.1. The number of unbranched alkanes of at least 4 members (excludes halogenated alkanes) is 1. The molecule has 1 aromatic carbocycles. The summed E-state index contributed by atoms with van der Waals surface area (Å²) in [6.45, 7) is 1.26. The summed E-state index contributed by atoms with van der Waals surface area (Å²) in [5.41, 5.74) is 4.60. The highest BCUT2D eigenvalue weighted by atomic mass is 16.6. The normalized spacial score (nSPS) is 15.3. The first-order valence-corrected chi connectivity index (χ1v) is 9.31. The Morgan fingerprint density at radius 1 is 1.26 bits per heavy atom. The lowest BCUT2D eigenvalue weighted by Gasteiger charge is -2.14. The van der Waals surface area contributed by atoms with Crippen molar-refractivity contribution in [3.63, 3.8) is 0 Å². The molecule has 7 heteroatoms. The third-order valence-corrected chi connectivity index (χ3v) is 5.02. The van der Waals surface area contributed by atoms with Crippen molar-refractivity contribution in [1.82, 2.24) is 14.9 Å². The molecule has 7 nitrogen and oxygen atoms in total. The minimum Gasteiger partial charge on any atom is -0.449 e. The summed E-state index contributed by atoms with van der Waals surface area (Å²) in [6, 6.07) is 8.80. The number of rotatable bonds is 6. The molecule has 140 valence electrons. The van der Waals surface area contributed by atoms with Crippen LogP contribution in [-0.4, -0.2) is 39.8 Å². The molecular formula is C20H23N5O2. The third-order valence-electron chi connectivity index (χ3n) is 5.02. The van der Waals surface area contributed by atoms with Gasteiger partial charge in [0.25, 0.3) is 0 Å². The Morgan fingerprint density at radius 3 is 2.78 bits per heavy atom. The van der Waals surface area contributed by atoms with Crippen LogP contribution < -0.4 is 5.32 Å². The van der Waals surface area contributed by atoms with Crippen molar-refractivity contribution in [3.05, 3.63) is 52.8 Å². The molecule has 2 heterocycles. The smallest absolute Gasteiger partial charge is 0.410 e. The zero-order chi connectivity index (χ0) is 18.6. The standard InChI is InChI=1S/C20H23N5O2/c21-7-3-4-8-27-20(26)25-12-16-11-22-19(24-18(16)13-25)23-17-9-14-5-1-2-6-15(14)10-17/h1-2,5-7,11,17,21H,3-4,8-10,12-13H2,(H,22,23,24). The predicted molar refractivity (Wildman–Crippen MR) is 102 cm³/mol. The van der Waals surface area contributed by atoms with Crippen LogP contribution >= 0.6 is 0 Å². The molecule has 1 amide bonds. The molecule has 1 aliphatic carbocycles. The quantitative estimate of drug-likeness (QED) is 0.607. The second-order valence-corrected chi connectivity index (χ2v) is 7.00. The van der Waals surface area contributed by atoms with E-state index in [1.807, 2.05) is 0 Å². The van der Waals surface area contributed by atoms with E-state index in [4.69, 9.17) is 10.1 Å². The Morgan fingerprint density at radius 2 is 2.04 bits per heavy atom. The van der Waals surface area contributed by atoms with Crippen molar-refractivity contribution in [2.45, 2.75) is 44.8 Å². The van der Waals surface area contributed by atoms with Gasteiger partial charge in [0.1, 0.15) is 0 Å². The number of nitrogens with one attached hydrogen (secondary N) is 2. The Kier molecular flexibility index (Phi) is 5.00. The molecule has 0 radical (unpaired) electrons. The van der Waals surface area contributed by atoms with E-state index in [2.05, 4.69) is 39.6 Å². The second kappa shape index (κ2) is 7.73. The Bertz CT molecular complexity index is 829. The van der Waals surface area contributed by atoms with Crippen LogP contribution in [0.25, 0.3) is 0 Å². The topological polar surface area (TPSA) is 91.2 Å². The van der Waals surface area contributed by atoms with Crippen LogP contribution in [0.1, 0.15) is 35.2 Å². The fraction of sp³-hybridized carbons (Fsp3) is 0.400. The lowest BCUT2D eigenvalue weighted by molar-refractivity contribution is 0.101. The van der Waals surface area contributed by atoms with Crippen molar-refractivity contribution in [1.29, 1.82) is 5.41 Å². The summed E-state index contributed by atoms with van der Waals surface area (Å²) in [5.74, 6) is 0.618. The van der Waals surface area contributed by atoms with Gasteiger partial charge >= 0.3 is 6.09 Å². The summed E-state index contributed by atoms with van der Waals surface area (Å²) in [6.07, 6.45) is 6.04. The summed E-state index contributed by atoms with van der Waals surface area (Å²) >= 11 is 0. The first-order valence-electron chi connectivity index (χ1n) is 9.31. The van der Waals surface area contributed by atoms with E-state index in [0.717, 1.165) is 24.1 Å². The van der Waals surface area contributed by atoms with Gasteiger partial charge in [0.2, 0.25) is 5.95 Å². The van der Waals surface area contributed by atoms with Gasteiger partial charge in [-0.05, 0) is 43.0 Å². The maximum atomic E-state index is 12.1. The maximum absolute atomic E-state index is 12.1. The summed E-state index contributed by atoms with van der Waals surface area (Å²) in [4.78, 5) is 22.8. The van der Waals surface area contributed by atoms with Gasteiger partial charge in [-0.1, -0.05) is 24.3 Å². The van der Waals surface area contributed by atoms with E-state index in [1.54, 1.807) is 11.1 Å². The molecule has 0 atom stereocenters. The van der Waals surface area contributed by atoms with E-state index in [9.17, 15) is 4.79 Å². The molecule has 1 aliphatic heterocycles. The second-order valence-electron chi connectivity index (χ2n) is 7.00. The first kappa shape index (κ1) is 17.5. The van der Waals surface area contributed by atoms with E-state index >= 15 is 0 Å². The highest BCUT2D eigenvalue weighted by Gasteiger charge is 2.27. The number of hydrogen-bond donors (Lipinski definition) is 2. The van der Waals surface area contributed by atoms with Crippen LogP contribution in [0.3, 0.4) is 0 Å². The number of amides is 1. The van der Waals surface area contributed by atoms with Crippen molar-refractivity contribution >= 4 is 18.3 Å². The fourth-order valence-corrected chi connectivity index (χ4v) is 3.63. The SMILES string of the molecule is N=CCCCOC(=O)N1Cc2cnc(NC3Cc4ccccc4C3)nc2C1.